The molecule has 2 heterocycles. The van der Waals surface area contributed by atoms with Crippen molar-refractivity contribution in [3.63, 3.8) is 0 Å². The van der Waals surface area contributed by atoms with Gasteiger partial charge in [-0.2, -0.15) is 0 Å². The number of aromatic hydroxyl groups is 1. The zero-order valence-corrected chi connectivity index (χ0v) is 19.9. The number of nitrogens with one attached hydrogen (secondary N) is 2. The van der Waals surface area contributed by atoms with Gasteiger partial charge in [-0.1, -0.05) is 42.5 Å². The van der Waals surface area contributed by atoms with Gasteiger partial charge >= 0.3 is 0 Å². The van der Waals surface area contributed by atoms with Crippen molar-refractivity contribution >= 4 is 28.2 Å². The summed E-state index contributed by atoms with van der Waals surface area (Å²) < 4.78 is 0. The van der Waals surface area contributed by atoms with E-state index in [1.807, 2.05) is 43.3 Å². The smallest absolute Gasteiger partial charge is 0.224 e. The maximum Gasteiger partial charge on any atom is 0.224 e. The van der Waals surface area contributed by atoms with E-state index in [4.69, 9.17) is 0 Å². The number of phenolic OH excluding ortho intramolecular Hbond substituents is 1. The Bertz CT molecular complexity index is 1340. The molecule has 5 rings (SSSR count). The van der Waals surface area contributed by atoms with Gasteiger partial charge in [-0.15, -0.1) is 0 Å². The Kier molecular flexibility index (Phi) is 6.64. The molecule has 1 saturated heterocycles. The number of benzene rings is 3. The summed E-state index contributed by atoms with van der Waals surface area (Å²) in [6.07, 6.45) is 3.05. The maximum absolute atomic E-state index is 12.8. The summed E-state index contributed by atoms with van der Waals surface area (Å²) in [4.78, 5) is 19.7. The van der Waals surface area contributed by atoms with Gasteiger partial charge in [0.15, 0.2) is 0 Å². The molecule has 6 heteroatoms. The third-order valence-corrected chi connectivity index (χ3v) is 6.55. The van der Waals surface area contributed by atoms with Crippen LogP contribution in [0.3, 0.4) is 0 Å². The van der Waals surface area contributed by atoms with E-state index in [9.17, 15) is 9.90 Å². The van der Waals surface area contributed by atoms with E-state index < -0.39 is 0 Å². The summed E-state index contributed by atoms with van der Waals surface area (Å²) >= 11 is 0. The molecule has 0 spiro atoms. The van der Waals surface area contributed by atoms with E-state index in [-0.39, 0.29) is 17.7 Å². The predicted octanol–water partition coefficient (Wildman–Crippen LogP) is 4.93. The standard InChI is InChI=1S/C29H30N4O2/c1-20-7-9-24(34)17-28(20)32-27-11-13-30-26-10-8-22(15-25(26)27)16-29(35)31-23-12-14-33(19-23)18-21-5-3-2-4-6-21/h2-11,13,15,17,23,34H,12,14,16,18-19H2,1H3,(H,30,32)(H,31,35)/t23-/m1/s1. The quantitative estimate of drug-likeness (QED) is 0.360. The number of phenols is 1. The summed E-state index contributed by atoms with van der Waals surface area (Å²) in [6.45, 7) is 4.77. The van der Waals surface area contributed by atoms with Crippen molar-refractivity contribution in [2.24, 2.45) is 0 Å². The molecule has 1 aromatic heterocycles. The van der Waals surface area contributed by atoms with Crippen molar-refractivity contribution in [1.29, 1.82) is 0 Å². The third-order valence-electron chi connectivity index (χ3n) is 6.55. The van der Waals surface area contributed by atoms with Crippen LogP contribution in [-0.4, -0.2) is 40.0 Å². The van der Waals surface area contributed by atoms with Gasteiger partial charge in [0, 0.05) is 54.7 Å². The zero-order valence-electron chi connectivity index (χ0n) is 19.9. The molecule has 1 amide bonds. The van der Waals surface area contributed by atoms with Crippen LogP contribution in [0.25, 0.3) is 10.9 Å². The van der Waals surface area contributed by atoms with E-state index in [0.29, 0.717) is 6.42 Å². The summed E-state index contributed by atoms with van der Waals surface area (Å²) in [7, 11) is 0. The first-order valence-corrected chi connectivity index (χ1v) is 12.0. The second kappa shape index (κ2) is 10.2. The highest BCUT2D eigenvalue weighted by Gasteiger charge is 2.23. The Morgan fingerprint density at radius 1 is 1.03 bits per heavy atom. The molecule has 6 nitrogen and oxygen atoms in total. The summed E-state index contributed by atoms with van der Waals surface area (Å²) in [5.74, 6) is 0.251. The number of aromatic nitrogens is 1. The van der Waals surface area contributed by atoms with Gasteiger partial charge < -0.3 is 15.7 Å². The number of fused-ring (bicyclic) bond motifs is 1. The molecule has 3 N–H and O–H groups in total. The molecule has 1 aliphatic rings. The average molecular weight is 467 g/mol. The van der Waals surface area contributed by atoms with Crippen LogP contribution in [0, 0.1) is 6.92 Å². The van der Waals surface area contributed by atoms with E-state index >= 15 is 0 Å². The van der Waals surface area contributed by atoms with E-state index in [1.54, 1.807) is 18.3 Å². The monoisotopic (exact) mass is 466 g/mol. The summed E-state index contributed by atoms with van der Waals surface area (Å²) in [5, 5.41) is 17.5. The minimum atomic E-state index is 0.0399. The number of amides is 1. The van der Waals surface area contributed by atoms with Crippen molar-refractivity contribution in [2.75, 3.05) is 18.4 Å². The minimum absolute atomic E-state index is 0.0399. The first-order chi connectivity index (χ1) is 17.0. The Morgan fingerprint density at radius 3 is 2.74 bits per heavy atom. The normalized spacial score (nSPS) is 15.9. The first kappa shape index (κ1) is 22.9. The lowest BCUT2D eigenvalue weighted by molar-refractivity contribution is -0.121. The number of aryl methyl sites for hydroxylation is 1. The van der Waals surface area contributed by atoms with Gasteiger partial charge in [-0.25, -0.2) is 0 Å². The fraction of sp³-hybridized carbons (Fsp3) is 0.241. The lowest BCUT2D eigenvalue weighted by Gasteiger charge is -2.17. The number of hydrogen-bond donors (Lipinski definition) is 3. The van der Waals surface area contributed by atoms with Gasteiger partial charge in [0.05, 0.1) is 11.9 Å². The Balaban J connectivity index is 1.24. The van der Waals surface area contributed by atoms with Crippen molar-refractivity contribution in [3.05, 3.63) is 95.7 Å². The van der Waals surface area contributed by atoms with Crippen LogP contribution in [0.5, 0.6) is 5.75 Å². The second-order valence-corrected chi connectivity index (χ2v) is 9.28. The highest BCUT2D eigenvalue weighted by atomic mass is 16.3. The Morgan fingerprint density at radius 2 is 1.89 bits per heavy atom. The van der Waals surface area contributed by atoms with Gasteiger partial charge in [-0.3, -0.25) is 14.7 Å². The van der Waals surface area contributed by atoms with Gasteiger partial charge in [0.2, 0.25) is 5.91 Å². The fourth-order valence-electron chi connectivity index (χ4n) is 4.70. The van der Waals surface area contributed by atoms with Crippen LogP contribution in [-0.2, 0) is 17.8 Å². The summed E-state index contributed by atoms with van der Waals surface area (Å²) in [5.41, 5.74) is 5.85. The van der Waals surface area contributed by atoms with E-state index in [0.717, 1.165) is 59.5 Å². The highest BCUT2D eigenvalue weighted by molar-refractivity contribution is 5.94. The third kappa shape index (κ3) is 5.61. The number of likely N-dealkylation sites (tertiary alicyclic amines) is 1. The van der Waals surface area contributed by atoms with Gasteiger partial charge in [-0.05, 0) is 54.3 Å². The van der Waals surface area contributed by atoms with Crippen LogP contribution < -0.4 is 10.6 Å². The maximum atomic E-state index is 12.8. The van der Waals surface area contributed by atoms with Crippen molar-refractivity contribution in [1.82, 2.24) is 15.2 Å². The minimum Gasteiger partial charge on any atom is -0.508 e. The van der Waals surface area contributed by atoms with E-state index in [2.05, 4.69) is 44.8 Å². The lowest BCUT2D eigenvalue weighted by atomic mass is 10.1. The van der Waals surface area contributed by atoms with Gasteiger partial charge in [0.1, 0.15) is 5.75 Å². The molecule has 1 atom stereocenters. The number of nitrogens with zero attached hydrogens (tertiary/aromatic N) is 2. The molecule has 0 aliphatic carbocycles. The Labute approximate surface area is 205 Å². The number of carbonyl (C=O) groups is 1. The predicted molar refractivity (Wildman–Crippen MR) is 140 cm³/mol. The van der Waals surface area contributed by atoms with Crippen molar-refractivity contribution in [3.8, 4) is 5.75 Å². The summed E-state index contributed by atoms with van der Waals surface area (Å²) in [6, 6.07) is 23.8. The molecule has 3 aromatic carbocycles. The molecule has 0 bridgehead atoms. The zero-order chi connectivity index (χ0) is 24.2. The van der Waals surface area contributed by atoms with Crippen LogP contribution in [0.15, 0.2) is 79.0 Å². The van der Waals surface area contributed by atoms with Crippen molar-refractivity contribution in [2.45, 2.75) is 32.4 Å². The lowest BCUT2D eigenvalue weighted by Crippen LogP contribution is -2.37. The number of anilines is 2. The SMILES string of the molecule is Cc1ccc(O)cc1Nc1ccnc2ccc(CC(=O)N[C@@H]3CCN(Cc4ccccc4)C3)cc12. The largest absolute Gasteiger partial charge is 0.508 e. The molecule has 178 valence electrons. The van der Waals surface area contributed by atoms with Crippen LogP contribution in [0.4, 0.5) is 11.4 Å². The van der Waals surface area contributed by atoms with E-state index in [1.165, 1.54) is 5.56 Å². The molecule has 1 aliphatic heterocycles. The molecule has 0 radical (unpaired) electrons. The number of rotatable bonds is 7. The molecule has 35 heavy (non-hydrogen) atoms. The average Bonchev–Trinajstić information content (AvgIpc) is 3.28. The number of carbonyl (C=O) groups excluding carboxylic acids is 1. The fourth-order valence-corrected chi connectivity index (χ4v) is 4.70. The van der Waals surface area contributed by atoms with Crippen LogP contribution in [0.1, 0.15) is 23.1 Å². The molecule has 4 aromatic rings. The molecule has 0 saturated carbocycles. The molecule has 0 unspecified atom stereocenters. The highest BCUT2D eigenvalue weighted by Crippen LogP contribution is 2.29. The molecule has 1 fully saturated rings. The molecular weight excluding hydrogens is 436 g/mol. The van der Waals surface area contributed by atoms with Crippen molar-refractivity contribution < 1.29 is 9.90 Å². The van der Waals surface area contributed by atoms with Crippen LogP contribution >= 0.6 is 0 Å². The Hall–Kier alpha value is -3.90. The topological polar surface area (TPSA) is 77.5 Å². The molecular formula is C29H30N4O2. The number of hydrogen-bond acceptors (Lipinski definition) is 5. The van der Waals surface area contributed by atoms with Gasteiger partial charge in [0.25, 0.3) is 0 Å². The number of pyridine rings is 1. The van der Waals surface area contributed by atoms with Crippen LogP contribution in [0.2, 0.25) is 0 Å². The first-order valence-electron chi connectivity index (χ1n) is 12.0. The second-order valence-electron chi connectivity index (χ2n) is 9.28.